The fourth-order valence-corrected chi connectivity index (χ4v) is 2.98. The lowest BCUT2D eigenvalue weighted by molar-refractivity contribution is -0.121. The quantitative estimate of drug-likeness (QED) is 0.781. The normalized spacial score (nSPS) is 13.1. The van der Waals surface area contributed by atoms with Crippen LogP contribution in [0, 0.1) is 6.92 Å². The number of amides is 1. The predicted octanol–water partition coefficient (Wildman–Crippen LogP) is 4.20. The number of ether oxygens (including phenoxy) is 1. The molecular formula is C20H25NO2S. The van der Waals surface area contributed by atoms with E-state index in [4.69, 9.17) is 4.74 Å². The van der Waals surface area contributed by atoms with Crippen LogP contribution in [0.5, 0.6) is 5.75 Å². The first-order chi connectivity index (χ1) is 11.5. The Kier molecular flexibility index (Phi) is 7.19. The molecule has 0 aliphatic rings. The van der Waals surface area contributed by atoms with Gasteiger partial charge in [-0.2, -0.15) is 0 Å². The van der Waals surface area contributed by atoms with Gasteiger partial charge < -0.3 is 10.1 Å². The number of thioether (sulfide) groups is 1. The Morgan fingerprint density at radius 1 is 1.08 bits per heavy atom. The molecule has 0 heterocycles. The molecule has 2 rings (SSSR count). The second-order valence-corrected chi connectivity index (χ2v) is 7.30. The summed E-state index contributed by atoms with van der Waals surface area (Å²) in [5.41, 5.74) is 2.44. The van der Waals surface area contributed by atoms with E-state index in [0.29, 0.717) is 6.61 Å². The third-order valence-corrected chi connectivity index (χ3v) is 4.84. The van der Waals surface area contributed by atoms with Gasteiger partial charge in [0.2, 0.25) is 5.91 Å². The largest absolute Gasteiger partial charge is 0.491 e. The molecule has 128 valence electrons. The molecule has 0 bridgehead atoms. The van der Waals surface area contributed by atoms with Crippen LogP contribution in [0.4, 0.5) is 0 Å². The smallest absolute Gasteiger partial charge is 0.233 e. The number of carbonyl (C=O) groups is 1. The molecule has 0 aromatic heterocycles. The summed E-state index contributed by atoms with van der Waals surface area (Å²) < 4.78 is 5.71. The maximum absolute atomic E-state index is 12.2. The van der Waals surface area contributed by atoms with Crippen LogP contribution in [0.25, 0.3) is 0 Å². The summed E-state index contributed by atoms with van der Waals surface area (Å²) in [4.78, 5) is 12.2. The Labute approximate surface area is 148 Å². The third kappa shape index (κ3) is 6.28. The number of hydrogen-bond acceptors (Lipinski definition) is 3. The number of benzene rings is 2. The van der Waals surface area contributed by atoms with Crippen molar-refractivity contribution in [3.8, 4) is 5.75 Å². The summed E-state index contributed by atoms with van der Waals surface area (Å²) in [7, 11) is 0. The number of nitrogens with one attached hydrogen (secondary N) is 1. The monoisotopic (exact) mass is 343 g/mol. The van der Waals surface area contributed by atoms with Crippen LogP contribution in [-0.2, 0) is 10.5 Å². The first-order valence-electron chi connectivity index (χ1n) is 8.20. The predicted molar refractivity (Wildman–Crippen MR) is 101 cm³/mol. The molecule has 3 nitrogen and oxygen atoms in total. The van der Waals surface area contributed by atoms with Gasteiger partial charge in [0.05, 0.1) is 11.3 Å². The summed E-state index contributed by atoms with van der Waals surface area (Å²) in [6.07, 6.45) is 0. The van der Waals surface area contributed by atoms with E-state index in [0.717, 1.165) is 11.5 Å². The number of aryl methyl sites for hydroxylation is 1. The molecule has 1 amide bonds. The van der Waals surface area contributed by atoms with Gasteiger partial charge in [0.25, 0.3) is 0 Å². The molecule has 0 aliphatic carbocycles. The minimum absolute atomic E-state index is 0.0291. The minimum atomic E-state index is -0.0907. The van der Waals surface area contributed by atoms with Crippen LogP contribution in [0.1, 0.15) is 25.0 Å². The van der Waals surface area contributed by atoms with Crippen LogP contribution in [-0.4, -0.2) is 23.8 Å². The molecule has 0 aliphatic heterocycles. The van der Waals surface area contributed by atoms with Crippen molar-refractivity contribution in [2.45, 2.75) is 37.8 Å². The Morgan fingerprint density at radius 3 is 2.42 bits per heavy atom. The highest BCUT2D eigenvalue weighted by Gasteiger charge is 2.16. The molecule has 1 N–H and O–H groups in total. The van der Waals surface area contributed by atoms with Crippen LogP contribution in [0.3, 0.4) is 0 Å². The average molecular weight is 343 g/mol. The molecule has 0 radical (unpaired) electrons. The Morgan fingerprint density at radius 2 is 1.75 bits per heavy atom. The van der Waals surface area contributed by atoms with Crippen LogP contribution < -0.4 is 10.1 Å². The summed E-state index contributed by atoms with van der Waals surface area (Å²) in [5, 5.41) is 2.92. The highest BCUT2D eigenvalue weighted by atomic mass is 32.2. The third-order valence-electron chi connectivity index (χ3n) is 3.62. The van der Waals surface area contributed by atoms with Crippen molar-refractivity contribution in [1.82, 2.24) is 5.32 Å². The topological polar surface area (TPSA) is 38.3 Å². The molecule has 24 heavy (non-hydrogen) atoms. The molecule has 0 spiro atoms. The van der Waals surface area contributed by atoms with Gasteiger partial charge >= 0.3 is 0 Å². The fourth-order valence-electron chi connectivity index (χ4n) is 2.13. The van der Waals surface area contributed by atoms with E-state index < -0.39 is 0 Å². The highest BCUT2D eigenvalue weighted by molar-refractivity contribution is 7.99. The van der Waals surface area contributed by atoms with Gasteiger partial charge in [-0.25, -0.2) is 0 Å². The fraction of sp³-hybridized carbons (Fsp3) is 0.350. The Bertz CT molecular complexity index is 628. The first kappa shape index (κ1) is 18.4. The van der Waals surface area contributed by atoms with Crippen molar-refractivity contribution >= 4 is 17.7 Å². The summed E-state index contributed by atoms with van der Waals surface area (Å²) in [6.45, 7) is 6.41. The van der Waals surface area contributed by atoms with Gasteiger partial charge in [-0.3, -0.25) is 4.79 Å². The highest BCUT2D eigenvalue weighted by Crippen LogP contribution is 2.18. The first-order valence-corrected chi connectivity index (χ1v) is 9.25. The van der Waals surface area contributed by atoms with Crippen molar-refractivity contribution in [1.29, 1.82) is 0 Å². The van der Waals surface area contributed by atoms with E-state index in [9.17, 15) is 4.79 Å². The van der Waals surface area contributed by atoms with Crippen LogP contribution in [0.2, 0.25) is 0 Å². The molecular weight excluding hydrogens is 318 g/mol. The lowest BCUT2D eigenvalue weighted by atomic mass is 10.2. The van der Waals surface area contributed by atoms with E-state index >= 15 is 0 Å². The molecule has 4 heteroatoms. The molecule has 0 fully saturated rings. The molecule has 0 unspecified atom stereocenters. The number of carbonyl (C=O) groups excluding carboxylic acids is 1. The van der Waals surface area contributed by atoms with Crippen LogP contribution >= 0.6 is 11.8 Å². The van der Waals surface area contributed by atoms with E-state index in [1.165, 1.54) is 11.1 Å². The van der Waals surface area contributed by atoms with E-state index in [2.05, 4.69) is 17.4 Å². The van der Waals surface area contributed by atoms with E-state index in [1.807, 2.05) is 63.2 Å². The van der Waals surface area contributed by atoms with E-state index in [1.54, 1.807) is 11.8 Å². The maximum atomic E-state index is 12.2. The standard InChI is InChI=1S/C20H25NO2S/c1-15-9-11-19(12-10-15)23-13-16(2)21-20(22)17(3)24-14-18-7-5-4-6-8-18/h4-12,16-17H,13-14H2,1-3H3,(H,21,22)/t16-,17+/m1/s1. The van der Waals surface area contributed by atoms with Crippen molar-refractivity contribution in [3.63, 3.8) is 0 Å². The minimum Gasteiger partial charge on any atom is -0.491 e. The summed E-state index contributed by atoms with van der Waals surface area (Å²) >= 11 is 1.64. The zero-order chi connectivity index (χ0) is 17.4. The number of rotatable bonds is 8. The lowest BCUT2D eigenvalue weighted by Crippen LogP contribution is -2.40. The molecule has 0 saturated heterocycles. The van der Waals surface area contributed by atoms with Gasteiger partial charge in [-0.1, -0.05) is 48.0 Å². The second kappa shape index (κ2) is 9.38. The Balaban J connectivity index is 1.71. The maximum Gasteiger partial charge on any atom is 0.233 e. The van der Waals surface area contributed by atoms with Crippen molar-refractivity contribution in [2.75, 3.05) is 6.61 Å². The molecule has 0 saturated carbocycles. The van der Waals surface area contributed by atoms with Gasteiger partial charge in [-0.05, 0) is 38.5 Å². The van der Waals surface area contributed by atoms with Crippen molar-refractivity contribution in [2.24, 2.45) is 0 Å². The molecule has 2 aromatic carbocycles. The van der Waals surface area contributed by atoms with Crippen molar-refractivity contribution in [3.05, 3.63) is 65.7 Å². The zero-order valence-electron chi connectivity index (χ0n) is 14.5. The van der Waals surface area contributed by atoms with Crippen molar-refractivity contribution < 1.29 is 9.53 Å². The SMILES string of the molecule is Cc1ccc(OC[C@@H](C)NC(=O)[C@H](C)SCc2ccccc2)cc1. The van der Waals surface area contributed by atoms with Gasteiger partial charge in [0.1, 0.15) is 12.4 Å². The average Bonchev–Trinajstić information content (AvgIpc) is 2.60. The van der Waals surface area contributed by atoms with Crippen LogP contribution in [0.15, 0.2) is 54.6 Å². The van der Waals surface area contributed by atoms with Gasteiger partial charge in [-0.15, -0.1) is 11.8 Å². The Hall–Kier alpha value is -1.94. The van der Waals surface area contributed by atoms with Gasteiger partial charge in [0, 0.05) is 5.75 Å². The summed E-state index contributed by atoms with van der Waals surface area (Å²) in [6, 6.07) is 18.1. The second-order valence-electron chi connectivity index (χ2n) is 5.97. The van der Waals surface area contributed by atoms with E-state index in [-0.39, 0.29) is 17.2 Å². The summed E-state index contributed by atoms with van der Waals surface area (Å²) in [5.74, 6) is 1.72. The molecule has 2 atom stereocenters. The van der Waals surface area contributed by atoms with Gasteiger partial charge in [0.15, 0.2) is 0 Å². The zero-order valence-corrected chi connectivity index (χ0v) is 15.3. The number of hydrogen-bond donors (Lipinski definition) is 1. The molecule has 2 aromatic rings. The lowest BCUT2D eigenvalue weighted by Gasteiger charge is -2.18.